The minimum absolute atomic E-state index is 0.306. The molecule has 3 aromatic rings. The molecule has 0 radical (unpaired) electrons. The molecule has 0 spiro atoms. The van der Waals surface area contributed by atoms with Crippen LogP contribution in [0.25, 0.3) is 6.08 Å². The van der Waals surface area contributed by atoms with Crippen LogP contribution in [0.4, 0.5) is 5.13 Å². The molecule has 0 aliphatic rings. The van der Waals surface area contributed by atoms with Crippen LogP contribution in [0.2, 0.25) is 0 Å². The van der Waals surface area contributed by atoms with Crippen LogP contribution in [0.5, 0.6) is 17.2 Å². The Balaban J connectivity index is 1.59. The maximum absolute atomic E-state index is 12.3. The first-order valence-electron chi connectivity index (χ1n) is 9.33. The van der Waals surface area contributed by atoms with Crippen molar-refractivity contribution in [1.29, 1.82) is 0 Å². The van der Waals surface area contributed by atoms with Gasteiger partial charge in [0.1, 0.15) is 0 Å². The molecule has 3 rings (SSSR count). The molecule has 7 nitrogen and oxygen atoms in total. The zero-order valence-corrected chi connectivity index (χ0v) is 19.3. The quantitative estimate of drug-likeness (QED) is 0.280. The fraction of sp³-hybridized carbons (Fsp3) is 0.227. The van der Waals surface area contributed by atoms with E-state index in [1.54, 1.807) is 51.3 Å². The summed E-state index contributed by atoms with van der Waals surface area (Å²) in [5.74, 6) is 2.02. The van der Waals surface area contributed by atoms with Crippen molar-refractivity contribution in [2.45, 2.75) is 17.0 Å². The molecule has 1 heterocycles. The summed E-state index contributed by atoms with van der Waals surface area (Å²) in [5.41, 5.74) is 3.18. The maximum atomic E-state index is 12.3. The van der Waals surface area contributed by atoms with E-state index in [4.69, 9.17) is 14.2 Å². The molecule has 0 saturated heterocycles. The molecule has 0 bridgehead atoms. The molecular weight excluding hydrogens is 434 g/mol. The highest BCUT2D eigenvalue weighted by atomic mass is 32.2. The smallest absolute Gasteiger partial charge is 0.250 e. The first kappa shape index (κ1) is 22.6. The molecule has 1 N–H and O–H groups in total. The average molecular weight is 458 g/mol. The van der Waals surface area contributed by atoms with Crippen LogP contribution in [0.1, 0.15) is 16.7 Å². The van der Waals surface area contributed by atoms with Crippen LogP contribution < -0.4 is 19.5 Å². The number of amides is 1. The van der Waals surface area contributed by atoms with Gasteiger partial charge in [0.15, 0.2) is 15.8 Å². The van der Waals surface area contributed by atoms with Crippen LogP contribution in [-0.4, -0.2) is 37.4 Å². The second-order valence-electron chi connectivity index (χ2n) is 6.43. The second-order valence-corrected chi connectivity index (χ2v) is 8.63. The van der Waals surface area contributed by atoms with E-state index in [2.05, 4.69) is 46.7 Å². The van der Waals surface area contributed by atoms with Gasteiger partial charge in [-0.1, -0.05) is 52.9 Å². The fourth-order valence-electron chi connectivity index (χ4n) is 2.66. The number of benzene rings is 2. The number of carbonyl (C=O) groups excluding carboxylic acids is 1. The van der Waals surface area contributed by atoms with E-state index in [1.165, 1.54) is 28.5 Å². The topological polar surface area (TPSA) is 82.6 Å². The average Bonchev–Trinajstić information content (AvgIpc) is 3.23. The Morgan fingerprint density at radius 3 is 2.35 bits per heavy atom. The number of nitrogens with zero attached hydrogens (tertiary/aromatic N) is 2. The number of anilines is 1. The summed E-state index contributed by atoms with van der Waals surface area (Å²) in [6.07, 6.45) is 3.08. The molecule has 31 heavy (non-hydrogen) atoms. The van der Waals surface area contributed by atoms with E-state index in [0.29, 0.717) is 22.4 Å². The predicted octanol–water partition coefficient (Wildman–Crippen LogP) is 4.82. The van der Waals surface area contributed by atoms with E-state index in [0.717, 1.165) is 15.7 Å². The summed E-state index contributed by atoms with van der Waals surface area (Å²) in [4.78, 5) is 12.3. The number of thioether (sulfide) groups is 1. The molecule has 0 fully saturated rings. The van der Waals surface area contributed by atoms with Crippen LogP contribution in [0.15, 0.2) is 46.8 Å². The standard InChI is InChI=1S/C22H23N3O4S2/c1-14-5-7-15(8-6-14)13-30-22-25-24-21(31-22)23-19(26)10-9-16-11-17(27-2)20(29-4)18(12-16)28-3/h5-12H,13H2,1-4H3,(H,23,24,26)/b10-9+. The van der Waals surface area contributed by atoms with E-state index >= 15 is 0 Å². The molecule has 0 saturated carbocycles. The van der Waals surface area contributed by atoms with Gasteiger partial charge in [0.2, 0.25) is 16.8 Å². The van der Waals surface area contributed by atoms with Crippen LogP contribution in [0.3, 0.4) is 0 Å². The molecule has 0 aliphatic carbocycles. The Morgan fingerprint density at radius 2 is 1.74 bits per heavy atom. The van der Waals surface area contributed by atoms with Crippen LogP contribution in [-0.2, 0) is 10.5 Å². The molecule has 162 valence electrons. The number of nitrogens with one attached hydrogen (secondary N) is 1. The Hall–Kier alpha value is -3.04. The molecule has 9 heteroatoms. The summed E-state index contributed by atoms with van der Waals surface area (Å²) in [7, 11) is 4.63. The number of carbonyl (C=O) groups is 1. The second kappa shape index (κ2) is 10.8. The van der Waals surface area contributed by atoms with Crippen molar-refractivity contribution in [2.75, 3.05) is 26.6 Å². The van der Waals surface area contributed by atoms with E-state index in [9.17, 15) is 4.79 Å². The molecular formula is C22H23N3O4S2. The van der Waals surface area contributed by atoms with Crippen LogP contribution in [0, 0.1) is 6.92 Å². The number of hydrogen-bond donors (Lipinski definition) is 1. The van der Waals surface area contributed by atoms with Crippen molar-refractivity contribution in [1.82, 2.24) is 10.2 Å². The number of hydrogen-bond acceptors (Lipinski definition) is 8. The largest absolute Gasteiger partial charge is 0.493 e. The van der Waals surface area contributed by atoms with Gasteiger partial charge in [-0.15, -0.1) is 10.2 Å². The molecule has 0 unspecified atom stereocenters. The van der Waals surface area contributed by atoms with Crippen molar-refractivity contribution in [3.05, 3.63) is 59.2 Å². The van der Waals surface area contributed by atoms with Crippen molar-refractivity contribution < 1.29 is 19.0 Å². The third kappa shape index (κ3) is 6.22. The molecule has 1 amide bonds. The summed E-state index contributed by atoms with van der Waals surface area (Å²) in [5, 5.41) is 11.4. The van der Waals surface area contributed by atoms with Crippen molar-refractivity contribution in [2.24, 2.45) is 0 Å². The molecule has 0 atom stereocenters. The van der Waals surface area contributed by atoms with Gasteiger partial charge in [-0.2, -0.15) is 0 Å². The van der Waals surface area contributed by atoms with Gasteiger partial charge in [0.05, 0.1) is 21.3 Å². The minimum Gasteiger partial charge on any atom is -0.493 e. The van der Waals surface area contributed by atoms with Gasteiger partial charge < -0.3 is 14.2 Å². The first-order valence-corrected chi connectivity index (χ1v) is 11.1. The zero-order chi connectivity index (χ0) is 22.2. The third-order valence-corrected chi connectivity index (χ3v) is 6.28. The predicted molar refractivity (Wildman–Crippen MR) is 124 cm³/mol. The zero-order valence-electron chi connectivity index (χ0n) is 17.7. The number of aryl methyl sites for hydroxylation is 1. The lowest BCUT2D eigenvalue weighted by atomic mass is 10.1. The van der Waals surface area contributed by atoms with Gasteiger partial charge in [-0.25, -0.2) is 0 Å². The van der Waals surface area contributed by atoms with Crippen LogP contribution >= 0.6 is 23.1 Å². The SMILES string of the molecule is COc1cc(/C=C/C(=O)Nc2nnc(SCc3ccc(C)cc3)s2)cc(OC)c1OC. The Labute approximate surface area is 189 Å². The number of rotatable bonds is 9. The fourth-order valence-corrected chi connectivity index (χ4v) is 4.38. The summed E-state index contributed by atoms with van der Waals surface area (Å²) in [6.45, 7) is 2.06. The van der Waals surface area contributed by atoms with Crippen molar-refractivity contribution in [3.8, 4) is 17.2 Å². The van der Waals surface area contributed by atoms with Gasteiger partial charge in [-0.3, -0.25) is 10.1 Å². The van der Waals surface area contributed by atoms with Gasteiger partial charge in [-0.05, 0) is 36.3 Å². The lowest BCUT2D eigenvalue weighted by Crippen LogP contribution is -2.07. The van der Waals surface area contributed by atoms with E-state index < -0.39 is 0 Å². The molecule has 2 aromatic carbocycles. The van der Waals surface area contributed by atoms with Gasteiger partial charge >= 0.3 is 0 Å². The maximum Gasteiger partial charge on any atom is 0.250 e. The Bertz CT molecular complexity index is 1040. The number of ether oxygens (including phenoxy) is 3. The Morgan fingerprint density at radius 1 is 1.06 bits per heavy atom. The summed E-state index contributed by atoms with van der Waals surface area (Å²) >= 11 is 2.93. The van der Waals surface area contributed by atoms with Crippen molar-refractivity contribution in [3.63, 3.8) is 0 Å². The highest BCUT2D eigenvalue weighted by molar-refractivity contribution is 8.00. The van der Waals surface area contributed by atoms with Gasteiger partial charge in [0, 0.05) is 11.8 Å². The monoisotopic (exact) mass is 457 g/mol. The molecule has 0 aliphatic heterocycles. The number of methoxy groups -OCH3 is 3. The lowest BCUT2D eigenvalue weighted by molar-refractivity contribution is -0.111. The first-order chi connectivity index (χ1) is 15.0. The molecule has 1 aromatic heterocycles. The summed E-state index contributed by atoms with van der Waals surface area (Å²) < 4.78 is 16.8. The number of aromatic nitrogens is 2. The highest BCUT2D eigenvalue weighted by Crippen LogP contribution is 2.38. The van der Waals surface area contributed by atoms with Gasteiger partial charge in [0.25, 0.3) is 0 Å². The highest BCUT2D eigenvalue weighted by Gasteiger charge is 2.12. The minimum atomic E-state index is -0.306. The third-order valence-electron chi connectivity index (χ3n) is 4.23. The van der Waals surface area contributed by atoms with Crippen molar-refractivity contribution >= 4 is 40.2 Å². The Kier molecular flexibility index (Phi) is 7.91. The lowest BCUT2D eigenvalue weighted by Gasteiger charge is -2.12. The van der Waals surface area contributed by atoms with E-state index in [1.807, 2.05) is 0 Å². The normalized spacial score (nSPS) is 10.8. The summed E-state index contributed by atoms with van der Waals surface area (Å²) in [6, 6.07) is 11.9. The van der Waals surface area contributed by atoms with E-state index in [-0.39, 0.29) is 5.91 Å².